The minimum atomic E-state index is -0.670. The molecule has 160 valence electrons. The first-order chi connectivity index (χ1) is 14.7. The summed E-state index contributed by atoms with van der Waals surface area (Å²) in [6.45, 7) is 7.50. The Hall–Kier alpha value is -3.12. The number of anilines is 2. The molecule has 31 heavy (non-hydrogen) atoms. The van der Waals surface area contributed by atoms with Crippen LogP contribution in [0.5, 0.6) is 5.75 Å². The molecule has 0 saturated carbocycles. The third-order valence-corrected chi connectivity index (χ3v) is 5.32. The molecule has 3 rings (SSSR count). The lowest BCUT2D eigenvalue weighted by atomic mass is 10.1. The van der Waals surface area contributed by atoms with Gasteiger partial charge in [-0.1, -0.05) is 34.1 Å². The van der Waals surface area contributed by atoms with Crippen molar-refractivity contribution in [3.05, 3.63) is 87.4 Å². The van der Waals surface area contributed by atoms with E-state index in [0.717, 1.165) is 21.2 Å². The van der Waals surface area contributed by atoms with Crippen LogP contribution in [0.25, 0.3) is 0 Å². The number of carbonyl (C=O) groups is 2. The molecule has 0 fully saturated rings. The van der Waals surface area contributed by atoms with Crippen molar-refractivity contribution >= 4 is 39.1 Å². The first kappa shape index (κ1) is 22.6. The van der Waals surface area contributed by atoms with Gasteiger partial charge in [-0.15, -0.1) is 0 Å². The summed E-state index contributed by atoms with van der Waals surface area (Å²) in [5, 5.41) is 5.78. The molecule has 0 heterocycles. The van der Waals surface area contributed by atoms with Gasteiger partial charge in [-0.25, -0.2) is 0 Å². The number of rotatable bonds is 6. The van der Waals surface area contributed by atoms with Gasteiger partial charge in [0.05, 0.1) is 0 Å². The standard InChI is InChI=1S/C25H25BrN2O3/c1-15-14-21(10-11-22(15)28-25(30)19-8-6-5-7-9-19)27-24(29)18(4)31-23-16(2)12-20(26)13-17(23)3/h5-14,18H,1-4H3,(H,27,29)(H,28,30). The topological polar surface area (TPSA) is 67.4 Å². The van der Waals surface area contributed by atoms with Crippen molar-refractivity contribution in [2.24, 2.45) is 0 Å². The molecule has 0 bridgehead atoms. The maximum Gasteiger partial charge on any atom is 0.265 e. The monoisotopic (exact) mass is 480 g/mol. The van der Waals surface area contributed by atoms with Crippen LogP contribution in [0.4, 0.5) is 11.4 Å². The van der Waals surface area contributed by atoms with Gasteiger partial charge in [0.25, 0.3) is 11.8 Å². The Labute approximate surface area is 191 Å². The van der Waals surface area contributed by atoms with Crippen LogP contribution in [0.3, 0.4) is 0 Å². The lowest BCUT2D eigenvalue weighted by Crippen LogP contribution is -2.30. The second-order valence-corrected chi connectivity index (χ2v) is 8.38. The summed E-state index contributed by atoms with van der Waals surface area (Å²) in [6, 6.07) is 18.3. The number of amides is 2. The molecule has 2 N–H and O–H groups in total. The molecule has 0 aliphatic carbocycles. The van der Waals surface area contributed by atoms with Crippen LogP contribution in [-0.4, -0.2) is 17.9 Å². The quantitative estimate of drug-likeness (QED) is 0.452. The Bertz CT molecular complexity index is 1090. The van der Waals surface area contributed by atoms with Crippen molar-refractivity contribution in [1.82, 2.24) is 0 Å². The van der Waals surface area contributed by atoms with E-state index in [1.54, 1.807) is 31.2 Å². The third kappa shape index (κ3) is 5.73. The number of nitrogens with one attached hydrogen (secondary N) is 2. The number of hydrogen-bond donors (Lipinski definition) is 2. The van der Waals surface area contributed by atoms with E-state index in [4.69, 9.17) is 4.74 Å². The number of aryl methyl sites for hydroxylation is 3. The van der Waals surface area contributed by atoms with E-state index in [1.165, 1.54) is 0 Å². The van der Waals surface area contributed by atoms with Crippen LogP contribution >= 0.6 is 15.9 Å². The maximum absolute atomic E-state index is 12.7. The summed E-state index contributed by atoms with van der Waals surface area (Å²) in [5.74, 6) is 0.283. The van der Waals surface area contributed by atoms with Gasteiger partial charge in [0.1, 0.15) is 5.75 Å². The lowest BCUT2D eigenvalue weighted by molar-refractivity contribution is -0.122. The Morgan fingerprint density at radius 1 is 0.871 bits per heavy atom. The molecule has 0 aliphatic heterocycles. The average molecular weight is 481 g/mol. The second-order valence-electron chi connectivity index (χ2n) is 7.47. The van der Waals surface area contributed by atoms with Crippen molar-refractivity contribution in [3.63, 3.8) is 0 Å². The van der Waals surface area contributed by atoms with Crippen molar-refractivity contribution in [2.45, 2.75) is 33.8 Å². The normalized spacial score (nSPS) is 11.5. The highest BCUT2D eigenvalue weighted by Gasteiger charge is 2.18. The number of benzene rings is 3. The highest BCUT2D eigenvalue weighted by Crippen LogP contribution is 2.28. The van der Waals surface area contributed by atoms with E-state index in [9.17, 15) is 9.59 Å². The van der Waals surface area contributed by atoms with Gasteiger partial charge < -0.3 is 15.4 Å². The van der Waals surface area contributed by atoms with Crippen LogP contribution in [0.2, 0.25) is 0 Å². The zero-order valence-electron chi connectivity index (χ0n) is 18.0. The van der Waals surface area contributed by atoms with Gasteiger partial charge in [-0.3, -0.25) is 9.59 Å². The van der Waals surface area contributed by atoms with Crippen molar-refractivity contribution in [3.8, 4) is 5.75 Å². The fourth-order valence-electron chi connectivity index (χ4n) is 3.22. The lowest BCUT2D eigenvalue weighted by Gasteiger charge is -2.19. The minimum absolute atomic E-state index is 0.178. The van der Waals surface area contributed by atoms with E-state index in [-0.39, 0.29) is 11.8 Å². The zero-order chi connectivity index (χ0) is 22.5. The van der Waals surface area contributed by atoms with Gasteiger partial charge in [-0.2, -0.15) is 0 Å². The van der Waals surface area contributed by atoms with Crippen LogP contribution in [0, 0.1) is 20.8 Å². The zero-order valence-corrected chi connectivity index (χ0v) is 19.5. The van der Waals surface area contributed by atoms with Crippen LogP contribution in [0.1, 0.15) is 34.0 Å². The summed E-state index contributed by atoms with van der Waals surface area (Å²) in [5.41, 5.74) is 4.68. The number of ether oxygens (including phenoxy) is 1. The molecule has 6 heteroatoms. The summed E-state index contributed by atoms with van der Waals surface area (Å²) in [7, 11) is 0. The van der Waals surface area contributed by atoms with E-state index in [0.29, 0.717) is 22.7 Å². The predicted molar refractivity (Wildman–Crippen MR) is 128 cm³/mol. The summed E-state index contributed by atoms with van der Waals surface area (Å²) < 4.78 is 6.90. The molecule has 1 unspecified atom stereocenters. The maximum atomic E-state index is 12.7. The van der Waals surface area contributed by atoms with Gasteiger partial charge >= 0.3 is 0 Å². The first-order valence-electron chi connectivity index (χ1n) is 9.96. The van der Waals surface area contributed by atoms with Gasteiger partial charge in [0.15, 0.2) is 6.10 Å². The van der Waals surface area contributed by atoms with Gasteiger partial charge in [0, 0.05) is 21.4 Å². The smallest absolute Gasteiger partial charge is 0.265 e. The van der Waals surface area contributed by atoms with Crippen molar-refractivity contribution in [1.29, 1.82) is 0 Å². The molecule has 0 aromatic heterocycles. The highest BCUT2D eigenvalue weighted by atomic mass is 79.9. The molecule has 1 atom stereocenters. The van der Waals surface area contributed by atoms with Crippen LogP contribution in [-0.2, 0) is 4.79 Å². The molecule has 0 aliphatic rings. The molecule has 5 nitrogen and oxygen atoms in total. The third-order valence-electron chi connectivity index (χ3n) is 4.87. The average Bonchev–Trinajstić information content (AvgIpc) is 2.73. The molecule has 3 aromatic carbocycles. The fourth-order valence-corrected chi connectivity index (χ4v) is 3.91. The first-order valence-corrected chi connectivity index (χ1v) is 10.7. The summed E-state index contributed by atoms with van der Waals surface area (Å²) in [4.78, 5) is 25.0. The summed E-state index contributed by atoms with van der Waals surface area (Å²) in [6.07, 6.45) is -0.670. The van der Waals surface area contributed by atoms with Crippen LogP contribution < -0.4 is 15.4 Å². The molecular weight excluding hydrogens is 456 g/mol. The van der Waals surface area contributed by atoms with E-state index in [1.807, 2.05) is 57.2 Å². The van der Waals surface area contributed by atoms with E-state index >= 15 is 0 Å². The van der Waals surface area contributed by atoms with Crippen LogP contribution in [0.15, 0.2) is 65.1 Å². The molecule has 2 amide bonds. The second kappa shape index (κ2) is 9.79. The Balaban J connectivity index is 1.65. The van der Waals surface area contributed by atoms with Crippen molar-refractivity contribution < 1.29 is 14.3 Å². The molecule has 0 saturated heterocycles. The largest absolute Gasteiger partial charge is 0.480 e. The summed E-state index contributed by atoms with van der Waals surface area (Å²) >= 11 is 3.47. The molecule has 0 spiro atoms. The molecular formula is C25H25BrN2O3. The fraction of sp³-hybridized carbons (Fsp3) is 0.200. The predicted octanol–water partition coefficient (Wildman–Crippen LogP) is 6.03. The Morgan fingerprint density at radius 3 is 2.13 bits per heavy atom. The van der Waals surface area contributed by atoms with Gasteiger partial charge in [-0.05, 0) is 86.8 Å². The Morgan fingerprint density at radius 2 is 1.52 bits per heavy atom. The van der Waals surface area contributed by atoms with E-state index in [2.05, 4.69) is 26.6 Å². The number of hydrogen-bond acceptors (Lipinski definition) is 3. The Kier molecular flexibility index (Phi) is 7.13. The van der Waals surface area contributed by atoms with E-state index < -0.39 is 6.10 Å². The minimum Gasteiger partial charge on any atom is -0.480 e. The van der Waals surface area contributed by atoms with Gasteiger partial charge in [0.2, 0.25) is 0 Å². The highest BCUT2D eigenvalue weighted by molar-refractivity contribution is 9.10. The van der Waals surface area contributed by atoms with Crippen molar-refractivity contribution in [2.75, 3.05) is 10.6 Å². The SMILES string of the molecule is Cc1cc(NC(=O)C(C)Oc2c(C)cc(Br)cc2C)ccc1NC(=O)c1ccccc1. The molecule has 3 aromatic rings. The number of halogens is 1. The number of carbonyl (C=O) groups excluding carboxylic acids is 2. The molecule has 0 radical (unpaired) electrons.